The quantitative estimate of drug-likeness (QED) is 0.301. The molecule has 166 valence electrons. The van der Waals surface area contributed by atoms with Gasteiger partial charge in [-0.15, -0.1) is 11.3 Å². The zero-order valence-electron chi connectivity index (χ0n) is 16.9. The van der Waals surface area contributed by atoms with E-state index >= 15 is 0 Å². The number of benzene rings is 2. The van der Waals surface area contributed by atoms with Crippen LogP contribution < -0.4 is 4.90 Å². The fourth-order valence-electron chi connectivity index (χ4n) is 3.91. The summed E-state index contributed by atoms with van der Waals surface area (Å²) in [7, 11) is 0. The van der Waals surface area contributed by atoms with Crippen LogP contribution in [0.5, 0.6) is 0 Å². The first-order valence-electron chi connectivity index (χ1n) is 9.76. The van der Waals surface area contributed by atoms with E-state index in [9.17, 15) is 23.5 Å². The molecule has 0 radical (unpaired) electrons. The molecule has 0 fully saturated rings. The van der Waals surface area contributed by atoms with E-state index in [-0.39, 0.29) is 17.0 Å². The number of thiophene rings is 1. The second kappa shape index (κ2) is 7.93. The van der Waals surface area contributed by atoms with Crippen LogP contribution in [0.1, 0.15) is 27.0 Å². The van der Waals surface area contributed by atoms with Gasteiger partial charge in [0.05, 0.1) is 5.57 Å². The van der Waals surface area contributed by atoms with E-state index in [1.165, 1.54) is 23.5 Å². The molecule has 1 N–H and O–H groups in total. The first kappa shape index (κ1) is 21.5. The van der Waals surface area contributed by atoms with Crippen molar-refractivity contribution in [3.05, 3.63) is 97.6 Å². The first-order chi connectivity index (χ1) is 15.8. The highest BCUT2D eigenvalue weighted by molar-refractivity contribution is 9.10. The fraction of sp³-hybridized carbons (Fsp3) is 0.0833. The average molecular weight is 530 g/mol. The smallest absolute Gasteiger partial charge is 0.294 e. The van der Waals surface area contributed by atoms with Gasteiger partial charge in [-0.1, -0.05) is 15.9 Å². The minimum absolute atomic E-state index is 0.0135. The molecule has 9 heteroatoms. The molecular formula is C24H14BrF2NO4S. The summed E-state index contributed by atoms with van der Waals surface area (Å²) in [6, 6.07) is 10.5. The van der Waals surface area contributed by atoms with Gasteiger partial charge in [-0.05, 0) is 60.3 Å². The molecule has 2 aromatic heterocycles. The first-order valence-corrected chi connectivity index (χ1v) is 11.4. The lowest BCUT2D eigenvalue weighted by Gasteiger charge is -2.26. The number of rotatable bonds is 4. The van der Waals surface area contributed by atoms with Crippen LogP contribution in [0.2, 0.25) is 0 Å². The van der Waals surface area contributed by atoms with Crippen molar-refractivity contribution in [1.29, 1.82) is 0 Å². The summed E-state index contributed by atoms with van der Waals surface area (Å²) >= 11 is 4.65. The molecule has 5 rings (SSSR count). The number of hydrogen-bond donors (Lipinski definition) is 1. The molecule has 3 heterocycles. The van der Waals surface area contributed by atoms with Gasteiger partial charge in [0, 0.05) is 26.5 Å². The van der Waals surface area contributed by atoms with Crippen molar-refractivity contribution in [2.45, 2.75) is 13.0 Å². The number of hydrogen-bond acceptors (Lipinski definition) is 5. The van der Waals surface area contributed by atoms with Crippen LogP contribution in [0.4, 0.5) is 14.5 Å². The van der Waals surface area contributed by atoms with Crippen LogP contribution in [0, 0.1) is 18.6 Å². The van der Waals surface area contributed by atoms with Gasteiger partial charge in [-0.3, -0.25) is 14.5 Å². The molecule has 0 aliphatic carbocycles. The van der Waals surface area contributed by atoms with E-state index in [4.69, 9.17) is 4.42 Å². The lowest BCUT2D eigenvalue weighted by Crippen LogP contribution is -2.31. The lowest BCUT2D eigenvalue weighted by atomic mass is 9.98. The number of aryl methyl sites for hydroxylation is 1. The van der Waals surface area contributed by atoms with E-state index < -0.39 is 35.1 Å². The van der Waals surface area contributed by atoms with Gasteiger partial charge in [0.1, 0.15) is 11.6 Å². The van der Waals surface area contributed by atoms with Gasteiger partial charge < -0.3 is 9.52 Å². The van der Waals surface area contributed by atoms with E-state index in [2.05, 4.69) is 15.9 Å². The molecule has 2 aromatic carbocycles. The molecule has 1 amide bonds. The van der Waals surface area contributed by atoms with Crippen molar-refractivity contribution in [1.82, 2.24) is 0 Å². The number of amides is 1. The largest absolute Gasteiger partial charge is 0.503 e. The van der Waals surface area contributed by atoms with Gasteiger partial charge in [-0.25, -0.2) is 8.78 Å². The topological polar surface area (TPSA) is 70.7 Å². The van der Waals surface area contributed by atoms with Crippen molar-refractivity contribution in [3.8, 4) is 0 Å². The minimum Gasteiger partial charge on any atom is -0.503 e. The molecule has 4 aromatic rings. The number of nitrogens with zero attached hydrogens (tertiary/aromatic N) is 1. The maximum Gasteiger partial charge on any atom is 0.294 e. The average Bonchev–Trinajstić information content (AvgIpc) is 3.46. The highest BCUT2D eigenvalue weighted by Crippen LogP contribution is 2.45. The SMILES string of the molecule is Cc1ccsc1C1C(C(=O)c2cc3cc(Br)ccc3o2)=C(O)C(=O)N1c1ccc(F)c(F)c1. The summed E-state index contributed by atoms with van der Waals surface area (Å²) in [4.78, 5) is 28.4. The van der Waals surface area contributed by atoms with Gasteiger partial charge in [0.2, 0.25) is 5.78 Å². The molecule has 0 bridgehead atoms. The van der Waals surface area contributed by atoms with Crippen molar-refractivity contribution in [3.63, 3.8) is 0 Å². The van der Waals surface area contributed by atoms with E-state index in [1.54, 1.807) is 30.5 Å². The monoisotopic (exact) mass is 529 g/mol. The van der Waals surface area contributed by atoms with E-state index in [0.717, 1.165) is 27.1 Å². The number of anilines is 1. The Balaban J connectivity index is 1.67. The second-order valence-corrected chi connectivity index (χ2v) is 9.39. The van der Waals surface area contributed by atoms with Crippen LogP contribution in [-0.4, -0.2) is 16.8 Å². The van der Waals surface area contributed by atoms with Crippen molar-refractivity contribution >= 4 is 55.6 Å². The summed E-state index contributed by atoms with van der Waals surface area (Å²) in [6.07, 6.45) is 0. The molecule has 1 unspecified atom stereocenters. The van der Waals surface area contributed by atoms with Gasteiger partial charge >= 0.3 is 0 Å². The Labute approximate surface area is 198 Å². The highest BCUT2D eigenvalue weighted by Gasteiger charge is 2.46. The standard InChI is InChI=1S/C24H14BrF2NO4S/c1-11-6-7-33-23(11)20-19(21(29)18-9-12-8-13(25)2-5-17(12)32-18)22(30)24(31)28(20)14-3-4-15(26)16(27)10-14/h2-10,20,30H,1H3. The van der Waals surface area contributed by atoms with Crippen LogP contribution in [0.3, 0.4) is 0 Å². The number of Topliss-reactive ketones (excluding diaryl/α,β-unsaturated/α-hetero) is 1. The number of aliphatic hydroxyl groups is 1. The third kappa shape index (κ3) is 3.48. The maximum absolute atomic E-state index is 14.0. The number of furan rings is 1. The molecule has 1 aliphatic heterocycles. The van der Waals surface area contributed by atoms with Gasteiger partial charge in [0.15, 0.2) is 23.2 Å². The summed E-state index contributed by atoms with van der Waals surface area (Å²) in [5.41, 5.74) is 1.07. The summed E-state index contributed by atoms with van der Waals surface area (Å²) in [6.45, 7) is 1.80. The number of aliphatic hydroxyl groups excluding tert-OH is 1. The summed E-state index contributed by atoms with van der Waals surface area (Å²) in [5.74, 6) is -4.59. The number of carbonyl (C=O) groups is 2. The third-order valence-corrected chi connectivity index (χ3v) is 7.05. The third-order valence-electron chi connectivity index (χ3n) is 5.49. The predicted octanol–water partition coefficient (Wildman–Crippen LogP) is 6.63. The Hall–Kier alpha value is -3.30. The zero-order valence-corrected chi connectivity index (χ0v) is 19.3. The van der Waals surface area contributed by atoms with Gasteiger partial charge in [0.25, 0.3) is 5.91 Å². The number of carbonyl (C=O) groups excluding carboxylic acids is 2. The fourth-order valence-corrected chi connectivity index (χ4v) is 5.31. The van der Waals surface area contributed by atoms with Crippen LogP contribution in [0.15, 0.2) is 74.1 Å². The van der Waals surface area contributed by atoms with Crippen molar-refractivity contribution < 1.29 is 27.9 Å². The summed E-state index contributed by atoms with van der Waals surface area (Å²) in [5, 5.41) is 13.2. The Kier molecular flexibility index (Phi) is 5.18. The van der Waals surface area contributed by atoms with Crippen LogP contribution >= 0.6 is 27.3 Å². The molecule has 0 spiro atoms. The normalized spacial score (nSPS) is 16.3. The number of fused-ring (bicyclic) bond motifs is 1. The molecule has 0 saturated carbocycles. The number of ketones is 1. The van der Waals surface area contributed by atoms with Crippen LogP contribution in [-0.2, 0) is 4.79 Å². The lowest BCUT2D eigenvalue weighted by molar-refractivity contribution is -0.117. The Morgan fingerprint density at radius 2 is 1.91 bits per heavy atom. The summed E-state index contributed by atoms with van der Waals surface area (Å²) < 4.78 is 34.0. The molecule has 5 nitrogen and oxygen atoms in total. The zero-order chi connectivity index (χ0) is 23.4. The predicted molar refractivity (Wildman–Crippen MR) is 124 cm³/mol. The highest BCUT2D eigenvalue weighted by atomic mass is 79.9. The van der Waals surface area contributed by atoms with Crippen LogP contribution in [0.25, 0.3) is 11.0 Å². The molecule has 33 heavy (non-hydrogen) atoms. The molecular weight excluding hydrogens is 516 g/mol. The van der Waals surface area contributed by atoms with E-state index in [0.29, 0.717) is 15.8 Å². The van der Waals surface area contributed by atoms with Crippen molar-refractivity contribution in [2.24, 2.45) is 0 Å². The second-order valence-electron chi connectivity index (χ2n) is 7.53. The minimum atomic E-state index is -1.15. The van der Waals surface area contributed by atoms with E-state index in [1.807, 2.05) is 6.07 Å². The molecule has 0 saturated heterocycles. The Bertz CT molecular complexity index is 1490. The van der Waals surface area contributed by atoms with Crippen molar-refractivity contribution in [2.75, 3.05) is 4.90 Å². The molecule has 1 atom stereocenters. The number of halogens is 3. The van der Waals surface area contributed by atoms with Gasteiger partial charge in [-0.2, -0.15) is 0 Å². The molecule has 1 aliphatic rings. The Morgan fingerprint density at radius 3 is 2.61 bits per heavy atom. The maximum atomic E-state index is 14.0. The Morgan fingerprint density at radius 1 is 1.12 bits per heavy atom.